The number of rotatable bonds is 6. The van der Waals surface area contributed by atoms with Crippen LogP contribution in [0.25, 0.3) is 0 Å². The second kappa shape index (κ2) is 9.49. The summed E-state index contributed by atoms with van der Waals surface area (Å²) in [5.41, 5.74) is 3.26. The number of ether oxygens (including phenoxy) is 1. The number of benzene rings is 2. The van der Waals surface area contributed by atoms with Gasteiger partial charge in [0.1, 0.15) is 11.5 Å². The molecular weight excluding hydrogens is 402 g/mol. The minimum absolute atomic E-state index is 0.0588. The molecule has 1 aromatic heterocycles. The number of pyridine rings is 1. The number of para-hydroxylation sites is 1. The van der Waals surface area contributed by atoms with Crippen molar-refractivity contribution in [3.8, 4) is 11.5 Å². The van der Waals surface area contributed by atoms with Gasteiger partial charge in [-0.25, -0.2) is 0 Å². The van der Waals surface area contributed by atoms with E-state index in [1.165, 1.54) is 5.69 Å². The molecule has 3 aromatic rings. The van der Waals surface area contributed by atoms with Crippen LogP contribution in [0.15, 0.2) is 65.5 Å². The molecule has 1 atom stereocenters. The number of aromatic nitrogens is 1. The average Bonchev–Trinajstić information content (AvgIpc) is 2.83. The quantitative estimate of drug-likeness (QED) is 0.641. The zero-order valence-electron chi connectivity index (χ0n) is 19.0. The summed E-state index contributed by atoms with van der Waals surface area (Å²) < 4.78 is 7.06. The zero-order chi connectivity index (χ0) is 22.7. The molecule has 2 aromatic carbocycles. The lowest BCUT2D eigenvalue weighted by molar-refractivity contribution is 0.207. The first kappa shape index (κ1) is 22.0. The number of anilines is 1. The van der Waals surface area contributed by atoms with Crippen LogP contribution in [0.4, 0.5) is 5.69 Å². The van der Waals surface area contributed by atoms with E-state index in [-0.39, 0.29) is 17.4 Å². The van der Waals surface area contributed by atoms with Crippen molar-refractivity contribution in [2.75, 3.05) is 38.2 Å². The number of aromatic hydroxyl groups is 1. The van der Waals surface area contributed by atoms with E-state index in [0.717, 1.165) is 43.2 Å². The van der Waals surface area contributed by atoms with E-state index in [1.54, 1.807) is 17.7 Å². The number of aryl methyl sites for hydroxylation is 1. The molecule has 168 valence electrons. The first-order chi connectivity index (χ1) is 15.5. The van der Waals surface area contributed by atoms with Gasteiger partial charge < -0.3 is 19.3 Å². The summed E-state index contributed by atoms with van der Waals surface area (Å²) in [6.45, 7) is 7.65. The van der Waals surface area contributed by atoms with E-state index in [2.05, 4.69) is 34.1 Å². The Kier molecular flexibility index (Phi) is 6.51. The zero-order valence-corrected chi connectivity index (χ0v) is 19.0. The first-order valence-corrected chi connectivity index (χ1v) is 11.1. The number of hydrogen-bond donors (Lipinski definition) is 1. The van der Waals surface area contributed by atoms with Gasteiger partial charge in [0, 0.05) is 44.1 Å². The maximum atomic E-state index is 13.4. The standard InChI is InChI=1S/C26H31N3O3/c1-4-29-19(2)18-23(30)24(26(29)31)25(20-10-12-22(32-3)13-11-20)28-16-14-27(15-17-28)21-8-6-5-7-9-21/h5-13,18,25,30H,4,14-17H2,1-3H3/t25-/m0/s1. The molecule has 1 saturated heterocycles. The molecule has 0 radical (unpaired) electrons. The topological polar surface area (TPSA) is 57.9 Å². The van der Waals surface area contributed by atoms with Crippen molar-refractivity contribution in [3.05, 3.63) is 87.8 Å². The van der Waals surface area contributed by atoms with Crippen LogP contribution in [0.1, 0.15) is 29.8 Å². The van der Waals surface area contributed by atoms with Crippen LogP contribution in [0, 0.1) is 6.92 Å². The first-order valence-electron chi connectivity index (χ1n) is 11.1. The molecule has 1 aliphatic heterocycles. The molecule has 0 amide bonds. The number of hydrogen-bond acceptors (Lipinski definition) is 5. The molecule has 0 spiro atoms. The molecule has 1 N–H and O–H groups in total. The molecular formula is C26H31N3O3. The Morgan fingerprint density at radius 3 is 2.25 bits per heavy atom. The smallest absolute Gasteiger partial charge is 0.259 e. The second-order valence-electron chi connectivity index (χ2n) is 8.17. The monoisotopic (exact) mass is 433 g/mol. The summed E-state index contributed by atoms with van der Waals surface area (Å²) in [7, 11) is 1.64. The molecule has 1 fully saturated rings. The third kappa shape index (κ3) is 4.23. The van der Waals surface area contributed by atoms with Crippen LogP contribution in [-0.4, -0.2) is 47.9 Å². The lowest BCUT2D eigenvalue weighted by Gasteiger charge is -2.40. The van der Waals surface area contributed by atoms with E-state index in [9.17, 15) is 9.90 Å². The fourth-order valence-corrected chi connectivity index (χ4v) is 4.64. The maximum absolute atomic E-state index is 13.4. The minimum atomic E-state index is -0.329. The lowest BCUT2D eigenvalue weighted by Crippen LogP contribution is -2.49. The molecule has 6 heteroatoms. The fraction of sp³-hybridized carbons (Fsp3) is 0.346. The SMILES string of the molecule is CCn1c(C)cc(O)c([C@H](c2ccc(OC)cc2)N2CCN(c3ccccc3)CC2)c1=O. The number of methoxy groups -OCH3 is 1. The highest BCUT2D eigenvalue weighted by molar-refractivity contribution is 5.47. The van der Waals surface area contributed by atoms with Crippen molar-refractivity contribution in [2.24, 2.45) is 0 Å². The second-order valence-corrected chi connectivity index (χ2v) is 8.17. The Morgan fingerprint density at radius 2 is 1.66 bits per heavy atom. The van der Waals surface area contributed by atoms with Gasteiger partial charge in [0.15, 0.2) is 0 Å². The van der Waals surface area contributed by atoms with Crippen molar-refractivity contribution >= 4 is 5.69 Å². The third-order valence-electron chi connectivity index (χ3n) is 6.34. The molecule has 4 rings (SSSR count). The summed E-state index contributed by atoms with van der Waals surface area (Å²) in [4.78, 5) is 18.1. The molecule has 2 heterocycles. The number of piperazine rings is 1. The Labute approximate surface area is 189 Å². The van der Waals surface area contributed by atoms with Gasteiger partial charge in [-0.05, 0) is 49.7 Å². The van der Waals surface area contributed by atoms with Crippen LogP contribution >= 0.6 is 0 Å². The summed E-state index contributed by atoms with van der Waals surface area (Å²) in [6, 6.07) is 19.6. The van der Waals surface area contributed by atoms with Gasteiger partial charge in [-0.15, -0.1) is 0 Å². The van der Waals surface area contributed by atoms with Gasteiger partial charge in [0.2, 0.25) is 0 Å². The van der Waals surface area contributed by atoms with E-state index in [0.29, 0.717) is 12.1 Å². The minimum Gasteiger partial charge on any atom is -0.507 e. The summed E-state index contributed by atoms with van der Waals surface area (Å²) in [5.74, 6) is 0.823. The molecule has 0 aliphatic carbocycles. The van der Waals surface area contributed by atoms with Gasteiger partial charge >= 0.3 is 0 Å². The van der Waals surface area contributed by atoms with Crippen molar-refractivity contribution in [1.82, 2.24) is 9.47 Å². The van der Waals surface area contributed by atoms with Crippen molar-refractivity contribution in [2.45, 2.75) is 26.4 Å². The van der Waals surface area contributed by atoms with Gasteiger partial charge in [-0.2, -0.15) is 0 Å². The van der Waals surface area contributed by atoms with Crippen molar-refractivity contribution < 1.29 is 9.84 Å². The Balaban J connectivity index is 1.72. The van der Waals surface area contributed by atoms with E-state index < -0.39 is 0 Å². The largest absolute Gasteiger partial charge is 0.507 e. The number of nitrogens with zero attached hydrogens (tertiary/aromatic N) is 3. The summed E-state index contributed by atoms with van der Waals surface area (Å²) in [6.07, 6.45) is 0. The summed E-state index contributed by atoms with van der Waals surface area (Å²) in [5, 5.41) is 10.9. The Morgan fingerprint density at radius 1 is 1.00 bits per heavy atom. The highest BCUT2D eigenvalue weighted by Crippen LogP contribution is 2.34. The average molecular weight is 434 g/mol. The maximum Gasteiger partial charge on any atom is 0.259 e. The highest BCUT2D eigenvalue weighted by atomic mass is 16.5. The predicted octanol–water partition coefficient (Wildman–Crippen LogP) is 3.80. The van der Waals surface area contributed by atoms with Crippen molar-refractivity contribution in [1.29, 1.82) is 0 Å². The molecule has 6 nitrogen and oxygen atoms in total. The normalized spacial score (nSPS) is 15.5. The Hall–Kier alpha value is -3.25. The molecule has 0 unspecified atom stereocenters. The van der Waals surface area contributed by atoms with E-state index >= 15 is 0 Å². The Bertz CT molecular complexity index is 1100. The van der Waals surface area contributed by atoms with E-state index in [4.69, 9.17) is 4.74 Å². The van der Waals surface area contributed by atoms with Crippen LogP contribution < -0.4 is 15.2 Å². The fourth-order valence-electron chi connectivity index (χ4n) is 4.64. The van der Waals surface area contributed by atoms with Crippen LogP contribution in [0.2, 0.25) is 0 Å². The van der Waals surface area contributed by atoms with Gasteiger partial charge in [-0.3, -0.25) is 9.69 Å². The highest BCUT2D eigenvalue weighted by Gasteiger charge is 2.31. The molecule has 0 bridgehead atoms. The van der Waals surface area contributed by atoms with Crippen molar-refractivity contribution in [3.63, 3.8) is 0 Å². The molecule has 1 aliphatic rings. The molecule has 32 heavy (non-hydrogen) atoms. The lowest BCUT2D eigenvalue weighted by atomic mass is 9.95. The van der Waals surface area contributed by atoms with Crippen LogP contribution in [0.3, 0.4) is 0 Å². The third-order valence-corrected chi connectivity index (χ3v) is 6.34. The van der Waals surface area contributed by atoms with Gasteiger partial charge in [-0.1, -0.05) is 30.3 Å². The van der Waals surface area contributed by atoms with Gasteiger partial charge in [0.25, 0.3) is 5.56 Å². The summed E-state index contributed by atoms with van der Waals surface area (Å²) >= 11 is 0. The van der Waals surface area contributed by atoms with Gasteiger partial charge in [0.05, 0.1) is 18.7 Å². The van der Waals surface area contributed by atoms with E-state index in [1.807, 2.05) is 44.2 Å². The van der Waals surface area contributed by atoms with Crippen LogP contribution in [-0.2, 0) is 6.54 Å². The molecule has 0 saturated carbocycles. The predicted molar refractivity (Wildman–Crippen MR) is 128 cm³/mol. The van der Waals surface area contributed by atoms with Crippen LogP contribution in [0.5, 0.6) is 11.5 Å².